The molecule has 2 aromatic heterocycles. The molecule has 6 heteroatoms. The molecule has 0 radical (unpaired) electrons. The van der Waals surface area contributed by atoms with Crippen molar-refractivity contribution in [3.8, 4) is 0 Å². The maximum Gasteiger partial charge on any atom is 0.264 e. The number of piperazine rings is 1. The van der Waals surface area contributed by atoms with Crippen molar-refractivity contribution in [1.29, 1.82) is 0 Å². The highest BCUT2D eigenvalue weighted by Crippen LogP contribution is 2.34. The first-order chi connectivity index (χ1) is 15.2. The fourth-order valence-corrected chi connectivity index (χ4v) is 6.14. The fraction of sp³-hybridized carbons (Fsp3) is 0.440. The molecule has 0 amide bonds. The van der Waals surface area contributed by atoms with Crippen molar-refractivity contribution in [2.24, 2.45) is 0 Å². The van der Waals surface area contributed by atoms with Gasteiger partial charge in [0.2, 0.25) is 5.95 Å². The summed E-state index contributed by atoms with van der Waals surface area (Å²) in [6, 6.07) is 8.61. The van der Waals surface area contributed by atoms with Crippen LogP contribution in [0.25, 0.3) is 10.2 Å². The van der Waals surface area contributed by atoms with Gasteiger partial charge in [0.05, 0.1) is 5.39 Å². The highest BCUT2D eigenvalue weighted by Gasteiger charge is 2.26. The van der Waals surface area contributed by atoms with E-state index in [9.17, 15) is 4.79 Å². The second-order valence-electron chi connectivity index (χ2n) is 8.70. The topological polar surface area (TPSA) is 41.4 Å². The number of allylic oxidation sites excluding steroid dienone is 1. The highest BCUT2D eigenvalue weighted by atomic mass is 32.1. The molecule has 1 fully saturated rings. The zero-order chi connectivity index (χ0) is 21.4. The van der Waals surface area contributed by atoms with Crippen LogP contribution in [0.1, 0.15) is 34.4 Å². The molecule has 0 saturated carbocycles. The molecule has 3 aromatic rings. The Hall–Kier alpha value is -2.44. The second kappa shape index (κ2) is 8.60. The van der Waals surface area contributed by atoms with Crippen molar-refractivity contribution in [2.75, 3.05) is 31.1 Å². The van der Waals surface area contributed by atoms with Crippen LogP contribution in [0.4, 0.5) is 5.95 Å². The van der Waals surface area contributed by atoms with Crippen LogP contribution in [0.5, 0.6) is 0 Å². The summed E-state index contributed by atoms with van der Waals surface area (Å²) in [6.07, 6.45) is 6.30. The van der Waals surface area contributed by atoms with E-state index >= 15 is 0 Å². The van der Waals surface area contributed by atoms with E-state index in [1.54, 1.807) is 11.3 Å². The SMILES string of the molecule is C=CCn1c(N2CCN(Cc3ccccc3C)CC2)nc2sc3c(c2c1=O)CCCC3. The summed E-state index contributed by atoms with van der Waals surface area (Å²) < 4.78 is 1.84. The van der Waals surface area contributed by atoms with Gasteiger partial charge >= 0.3 is 0 Å². The van der Waals surface area contributed by atoms with E-state index in [0.29, 0.717) is 6.54 Å². The minimum absolute atomic E-state index is 0.113. The Bertz CT molecular complexity index is 1170. The van der Waals surface area contributed by atoms with E-state index < -0.39 is 0 Å². The average molecular weight is 435 g/mol. The predicted molar refractivity (Wildman–Crippen MR) is 129 cm³/mol. The number of thiophene rings is 1. The number of benzene rings is 1. The Kier molecular flexibility index (Phi) is 5.67. The first kappa shape index (κ1) is 20.5. The molecule has 0 atom stereocenters. The summed E-state index contributed by atoms with van der Waals surface area (Å²) >= 11 is 1.74. The number of aryl methyl sites for hydroxylation is 3. The third-order valence-electron chi connectivity index (χ3n) is 6.68. The molecule has 3 heterocycles. The number of aromatic nitrogens is 2. The lowest BCUT2D eigenvalue weighted by Gasteiger charge is -2.36. The molecule has 1 aliphatic carbocycles. The van der Waals surface area contributed by atoms with Gasteiger partial charge in [0.25, 0.3) is 5.56 Å². The van der Waals surface area contributed by atoms with E-state index in [2.05, 4.69) is 47.6 Å². The molecule has 5 nitrogen and oxygen atoms in total. The Morgan fingerprint density at radius 1 is 1.13 bits per heavy atom. The first-order valence-corrected chi connectivity index (χ1v) is 12.1. The smallest absolute Gasteiger partial charge is 0.264 e. The van der Waals surface area contributed by atoms with E-state index in [0.717, 1.165) is 61.7 Å². The van der Waals surface area contributed by atoms with Gasteiger partial charge in [-0.3, -0.25) is 14.3 Å². The van der Waals surface area contributed by atoms with E-state index in [4.69, 9.17) is 4.98 Å². The van der Waals surface area contributed by atoms with Crippen molar-refractivity contribution in [3.05, 3.63) is 68.8 Å². The minimum Gasteiger partial charge on any atom is -0.340 e. The normalized spacial score (nSPS) is 17.1. The Balaban J connectivity index is 1.42. The van der Waals surface area contributed by atoms with Crippen LogP contribution in [0, 0.1) is 6.92 Å². The zero-order valence-corrected chi connectivity index (χ0v) is 19.1. The van der Waals surface area contributed by atoms with Gasteiger partial charge < -0.3 is 4.90 Å². The molecule has 0 bridgehead atoms. The fourth-order valence-electron chi connectivity index (χ4n) is 4.90. The maximum atomic E-state index is 13.5. The molecule has 162 valence electrons. The maximum absolute atomic E-state index is 13.5. The van der Waals surface area contributed by atoms with Gasteiger partial charge in [0, 0.05) is 44.1 Å². The van der Waals surface area contributed by atoms with Gasteiger partial charge in [-0.25, -0.2) is 4.98 Å². The molecule has 1 saturated heterocycles. The predicted octanol–water partition coefficient (Wildman–Crippen LogP) is 4.15. The Morgan fingerprint density at radius 3 is 2.68 bits per heavy atom. The van der Waals surface area contributed by atoms with Crippen molar-refractivity contribution < 1.29 is 0 Å². The van der Waals surface area contributed by atoms with Gasteiger partial charge in [-0.1, -0.05) is 30.3 Å². The Morgan fingerprint density at radius 2 is 1.90 bits per heavy atom. The second-order valence-corrected chi connectivity index (χ2v) is 9.78. The van der Waals surface area contributed by atoms with E-state index in [-0.39, 0.29) is 5.56 Å². The lowest BCUT2D eigenvalue weighted by Crippen LogP contribution is -2.48. The van der Waals surface area contributed by atoms with Crippen LogP contribution in [0.2, 0.25) is 0 Å². The molecule has 1 aliphatic heterocycles. The number of rotatable bonds is 5. The first-order valence-electron chi connectivity index (χ1n) is 11.3. The van der Waals surface area contributed by atoms with Gasteiger partial charge in [-0.05, 0) is 49.3 Å². The van der Waals surface area contributed by atoms with E-state index in [1.807, 2.05) is 10.6 Å². The number of anilines is 1. The lowest BCUT2D eigenvalue weighted by atomic mass is 9.97. The zero-order valence-electron chi connectivity index (χ0n) is 18.3. The number of hydrogen-bond donors (Lipinski definition) is 0. The molecule has 31 heavy (non-hydrogen) atoms. The van der Waals surface area contributed by atoms with Crippen molar-refractivity contribution in [3.63, 3.8) is 0 Å². The Labute approximate surface area is 187 Å². The quantitative estimate of drug-likeness (QED) is 0.566. The van der Waals surface area contributed by atoms with Crippen molar-refractivity contribution in [1.82, 2.24) is 14.5 Å². The molecular formula is C25H30N4OS. The number of fused-ring (bicyclic) bond motifs is 3. The van der Waals surface area contributed by atoms with Gasteiger partial charge in [-0.15, -0.1) is 17.9 Å². The average Bonchev–Trinajstić information content (AvgIpc) is 3.16. The largest absolute Gasteiger partial charge is 0.340 e. The van der Waals surface area contributed by atoms with Crippen LogP contribution in [-0.2, 0) is 25.9 Å². The van der Waals surface area contributed by atoms with Crippen LogP contribution >= 0.6 is 11.3 Å². The monoisotopic (exact) mass is 434 g/mol. The standard InChI is InChI=1S/C25H30N4OS/c1-3-12-29-24(30)22-20-10-6-7-11-21(20)31-23(22)26-25(29)28-15-13-27(14-16-28)17-19-9-5-4-8-18(19)2/h3-5,8-9H,1,6-7,10-17H2,2H3. The van der Waals surface area contributed by atoms with Gasteiger partial charge in [-0.2, -0.15) is 0 Å². The summed E-state index contributed by atoms with van der Waals surface area (Å²) in [5, 5.41) is 0.864. The molecule has 0 spiro atoms. The van der Waals surface area contributed by atoms with Gasteiger partial charge in [0.1, 0.15) is 4.83 Å². The van der Waals surface area contributed by atoms with Crippen molar-refractivity contribution >= 4 is 27.5 Å². The molecule has 5 rings (SSSR count). The molecule has 1 aromatic carbocycles. The molecule has 0 N–H and O–H groups in total. The summed E-state index contributed by atoms with van der Waals surface area (Å²) in [6.45, 7) is 11.3. The van der Waals surface area contributed by atoms with Crippen molar-refractivity contribution in [2.45, 2.75) is 45.7 Å². The lowest BCUT2D eigenvalue weighted by molar-refractivity contribution is 0.247. The number of nitrogens with zero attached hydrogens (tertiary/aromatic N) is 4. The minimum atomic E-state index is 0.113. The summed E-state index contributed by atoms with van der Waals surface area (Å²) in [5.74, 6) is 0.812. The third-order valence-corrected chi connectivity index (χ3v) is 7.86. The van der Waals surface area contributed by atoms with Crippen LogP contribution in [-0.4, -0.2) is 40.6 Å². The third kappa shape index (κ3) is 3.83. The number of hydrogen-bond acceptors (Lipinski definition) is 5. The van der Waals surface area contributed by atoms with E-state index in [1.165, 1.54) is 34.4 Å². The van der Waals surface area contributed by atoms with Crippen LogP contribution in [0.15, 0.2) is 41.7 Å². The summed E-state index contributed by atoms with van der Waals surface area (Å²) in [7, 11) is 0. The molecule has 2 aliphatic rings. The molecular weight excluding hydrogens is 404 g/mol. The highest BCUT2D eigenvalue weighted by molar-refractivity contribution is 7.18. The van der Waals surface area contributed by atoms with Gasteiger partial charge in [0.15, 0.2) is 0 Å². The summed E-state index contributed by atoms with van der Waals surface area (Å²) in [5.41, 5.74) is 4.11. The summed E-state index contributed by atoms with van der Waals surface area (Å²) in [4.78, 5) is 25.6. The van der Waals surface area contributed by atoms with Crippen LogP contribution < -0.4 is 10.5 Å². The van der Waals surface area contributed by atoms with Crippen LogP contribution in [0.3, 0.4) is 0 Å². The molecule has 0 unspecified atom stereocenters.